The smallest absolute Gasteiger partial charge is 0.408 e. The van der Waals surface area contributed by atoms with Crippen LogP contribution in [0.4, 0.5) is 4.79 Å². The van der Waals surface area contributed by atoms with Crippen LogP contribution >= 0.6 is 0 Å². The van der Waals surface area contributed by atoms with Gasteiger partial charge in [-0.2, -0.15) is 0 Å². The second-order valence-electron chi connectivity index (χ2n) is 6.68. The molecule has 2 atom stereocenters. The molecule has 0 heterocycles. The highest BCUT2D eigenvalue weighted by Gasteiger charge is 2.31. The van der Waals surface area contributed by atoms with Gasteiger partial charge in [0.25, 0.3) is 0 Å². The van der Waals surface area contributed by atoms with Gasteiger partial charge in [-0.05, 0) is 24.4 Å². The Balaban J connectivity index is 2.62. The Morgan fingerprint density at radius 2 is 1.46 bits per heavy atom. The van der Waals surface area contributed by atoms with E-state index >= 15 is 0 Å². The second kappa shape index (κ2) is 10.6. The average molecular weight is 364 g/mol. The molecule has 1 aromatic rings. The molecule has 7 heteroatoms. The predicted octanol–water partition coefficient (Wildman–Crippen LogP) is 2.25. The monoisotopic (exact) mass is 364 g/mol. The van der Waals surface area contributed by atoms with Crippen molar-refractivity contribution in [3.8, 4) is 0 Å². The molecule has 0 radical (unpaired) electrons. The van der Waals surface area contributed by atoms with E-state index in [1.54, 1.807) is 20.9 Å². The Kier molecular flexibility index (Phi) is 8.78. The lowest BCUT2D eigenvalue weighted by Crippen LogP contribution is -2.48. The highest BCUT2D eigenvalue weighted by atomic mass is 16.6. The zero-order valence-corrected chi connectivity index (χ0v) is 15.9. The maximum absolute atomic E-state index is 12.3. The van der Waals surface area contributed by atoms with Crippen molar-refractivity contribution in [2.45, 2.75) is 46.4 Å². The fraction of sp³-hybridized carbons (Fsp3) is 0.526. The summed E-state index contributed by atoms with van der Waals surface area (Å²) in [6, 6.07) is 7.60. The van der Waals surface area contributed by atoms with Gasteiger partial charge < -0.3 is 20.1 Å². The topological polar surface area (TPSA) is 93.7 Å². The molecule has 0 fully saturated rings. The van der Waals surface area contributed by atoms with Crippen LogP contribution in [0.25, 0.3) is 0 Å². The standard InChI is InChI=1S/C19H28N2O5/c1-12(2)15(20-5)17(22)26-18(23)16(13(3)4)21-19(24)25-11-14-9-7-6-8-10-14/h6-10,12-13,15-16,20H,11H2,1-5H3,(H,21,24)/t15-,16-/m0/s1. The summed E-state index contributed by atoms with van der Waals surface area (Å²) in [5.74, 6) is -1.78. The number of rotatable bonds is 8. The van der Waals surface area contributed by atoms with Crippen molar-refractivity contribution in [1.29, 1.82) is 0 Å². The van der Waals surface area contributed by atoms with Crippen molar-refractivity contribution >= 4 is 18.0 Å². The van der Waals surface area contributed by atoms with Crippen LogP contribution in [0, 0.1) is 11.8 Å². The molecular weight excluding hydrogens is 336 g/mol. The zero-order chi connectivity index (χ0) is 19.7. The van der Waals surface area contributed by atoms with E-state index in [2.05, 4.69) is 10.6 Å². The third kappa shape index (κ3) is 6.84. The molecule has 1 rings (SSSR count). The Hall–Kier alpha value is -2.41. The molecule has 0 spiro atoms. The minimum Gasteiger partial charge on any atom is -0.445 e. The predicted molar refractivity (Wildman–Crippen MR) is 97.2 cm³/mol. The van der Waals surface area contributed by atoms with E-state index in [4.69, 9.17) is 9.47 Å². The lowest BCUT2D eigenvalue weighted by molar-refractivity contribution is -0.163. The van der Waals surface area contributed by atoms with Gasteiger partial charge in [-0.3, -0.25) is 0 Å². The van der Waals surface area contributed by atoms with Crippen molar-refractivity contribution in [2.24, 2.45) is 11.8 Å². The van der Waals surface area contributed by atoms with Crippen molar-refractivity contribution in [3.63, 3.8) is 0 Å². The number of amides is 1. The van der Waals surface area contributed by atoms with Gasteiger partial charge in [-0.15, -0.1) is 0 Å². The molecule has 0 saturated heterocycles. The second-order valence-corrected chi connectivity index (χ2v) is 6.68. The number of carbonyl (C=O) groups is 3. The molecule has 0 saturated carbocycles. The van der Waals surface area contributed by atoms with Gasteiger partial charge in [0.1, 0.15) is 18.7 Å². The molecule has 144 valence electrons. The quantitative estimate of drug-likeness (QED) is 0.543. The normalized spacial score (nSPS) is 13.2. The molecule has 1 amide bonds. The van der Waals surface area contributed by atoms with Gasteiger partial charge in [0.05, 0.1) is 0 Å². The summed E-state index contributed by atoms with van der Waals surface area (Å²) >= 11 is 0. The molecule has 0 aliphatic rings. The van der Waals surface area contributed by atoms with Crippen LogP contribution in [0.1, 0.15) is 33.3 Å². The fourth-order valence-electron chi connectivity index (χ4n) is 2.34. The van der Waals surface area contributed by atoms with Crippen molar-refractivity contribution in [1.82, 2.24) is 10.6 Å². The van der Waals surface area contributed by atoms with Crippen LogP contribution in [0.5, 0.6) is 0 Å². The summed E-state index contributed by atoms with van der Waals surface area (Å²) in [4.78, 5) is 36.4. The summed E-state index contributed by atoms with van der Waals surface area (Å²) in [5.41, 5.74) is 0.829. The summed E-state index contributed by atoms with van der Waals surface area (Å²) < 4.78 is 10.1. The van der Waals surface area contributed by atoms with Gasteiger partial charge in [0, 0.05) is 0 Å². The first-order chi connectivity index (χ1) is 12.3. The summed E-state index contributed by atoms with van der Waals surface area (Å²) in [7, 11) is 1.62. The van der Waals surface area contributed by atoms with E-state index < -0.39 is 30.1 Å². The molecular formula is C19H28N2O5. The van der Waals surface area contributed by atoms with Crippen LogP contribution in [0.3, 0.4) is 0 Å². The lowest BCUT2D eigenvalue weighted by Gasteiger charge is -2.22. The number of ether oxygens (including phenoxy) is 2. The van der Waals surface area contributed by atoms with E-state index in [1.165, 1.54) is 0 Å². The first-order valence-electron chi connectivity index (χ1n) is 8.66. The van der Waals surface area contributed by atoms with Crippen molar-refractivity contribution in [2.75, 3.05) is 7.05 Å². The lowest BCUT2D eigenvalue weighted by atomic mass is 10.0. The number of benzene rings is 1. The Morgan fingerprint density at radius 1 is 0.923 bits per heavy atom. The van der Waals surface area contributed by atoms with Crippen LogP contribution in [0.2, 0.25) is 0 Å². The first kappa shape index (κ1) is 21.6. The van der Waals surface area contributed by atoms with Crippen LogP contribution < -0.4 is 10.6 Å². The zero-order valence-electron chi connectivity index (χ0n) is 15.9. The molecule has 2 N–H and O–H groups in total. The number of likely N-dealkylation sites (N-methyl/N-ethyl adjacent to an activating group) is 1. The van der Waals surface area contributed by atoms with Crippen LogP contribution in [-0.2, 0) is 25.7 Å². The van der Waals surface area contributed by atoms with E-state index in [1.807, 2.05) is 44.2 Å². The number of nitrogens with one attached hydrogen (secondary N) is 2. The highest BCUT2D eigenvalue weighted by molar-refractivity contribution is 5.92. The number of hydrogen-bond acceptors (Lipinski definition) is 6. The third-order valence-corrected chi connectivity index (χ3v) is 3.84. The first-order valence-corrected chi connectivity index (χ1v) is 8.66. The molecule has 1 aromatic carbocycles. The number of alkyl carbamates (subject to hydrolysis) is 1. The van der Waals surface area contributed by atoms with Crippen molar-refractivity contribution < 1.29 is 23.9 Å². The molecule has 26 heavy (non-hydrogen) atoms. The maximum atomic E-state index is 12.3. The molecule has 7 nitrogen and oxygen atoms in total. The van der Waals surface area contributed by atoms with Gasteiger partial charge in [-0.1, -0.05) is 58.0 Å². The summed E-state index contributed by atoms with van der Waals surface area (Å²) in [6.45, 7) is 7.25. The summed E-state index contributed by atoms with van der Waals surface area (Å²) in [5, 5.41) is 5.28. The Morgan fingerprint density at radius 3 is 1.96 bits per heavy atom. The molecule has 0 aliphatic carbocycles. The number of hydrogen-bond donors (Lipinski definition) is 2. The van der Waals surface area contributed by atoms with E-state index in [0.717, 1.165) is 5.56 Å². The van der Waals surface area contributed by atoms with E-state index in [9.17, 15) is 14.4 Å². The SMILES string of the molecule is CN[C@H](C(=O)OC(=O)[C@@H](NC(=O)OCc1ccccc1)C(C)C)C(C)C. The molecule has 0 unspecified atom stereocenters. The van der Waals surface area contributed by atoms with E-state index in [-0.39, 0.29) is 18.4 Å². The molecule has 0 aromatic heterocycles. The van der Waals surface area contributed by atoms with Crippen molar-refractivity contribution in [3.05, 3.63) is 35.9 Å². The minimum absolute atomic E-state index is 0.0402. The average Bonchev–Trinajstić information content (AvgIpc) is 2.58. The molecule has 0 bridgehead atoms. The highest BCUT2D eigenvalue weighted by Crippen LogP contribution is 2.09. The van der Waals surface area contributed by atoms with Gasteiger partial charge >= 0.3 is 18.0 Å². The molecule has 0 aliphatic heterocycles. The largest absolute Gasteiger partial charge is 0.445 e. The Bertz CT molecular complexity index is 601. The van der Waals surface area contributed by atoms with Gasteiger partial charge in [0.2, 0.25) is 0 Å². The van der Waals surface area contributed by atoms with E-state index in [0.29, 0.717) is 0 Å². The Labute approximate surface area is 154 Å². The van der Waals surface area contributed by atoms with Crippen LogP contribution in [0.15, 0.2) is 30.3 Å². The number of esters is 2. The maximum Gasteiger partial charge on any atom is 0.408 e. The van der Waals surface area contributed by atoms with Gasteiger partial charge in [0.15, 0.2) is 0 Å². The minimum atomic E-state index is -0.980. The van der Waals surface area contributed by atoms with Crippen LogP contribution in [-0.4, -0.2) is 37.2 Å². The fourth-order valence-corrected chi connectivity index (χ4v) is 2.34. The summed E-state index contributed by atoms with van der Waals surface area (Å²) in [6.07, 6.45) is -0.744. The van der Waals surface area contributed by atoms with Gasteiger partial charge in [-0.25, -0.2) is 14.4 Å². The number of carbonyl (C=O) groups excluding carboxylic acids is 3. The third-order valence-electron chi connectivity index (χ3n) is 3.84.